The van der Waals surface area contributed by atoms with Crippen molar-refractivity contribution in [3.8, 4) is 0 Å². The molecule has 0 aromatic carbocycles. The quantitative estimate of drug-likeness (QED) is 0.238. The van der Waals surface area contributed by atoms with E-state index in [1.54, 1.807) is 13.8 Å². The number of hydrogen-bond donors (Lipinski definition) is 2. The second kappa shape index (κ2) is 13.4. The van der Waals surface area contributed by atoms with E-state index in [-0.39, 0.29) is 51.6 Å². The van der Waals surface area contributed by atoms with E-state index >= 15 is 4.79 Å². The molecule has 1 aliphatic heterocycles. The molecule has 8 rings (SSSR count). The van der Waals surface area contributed by atoms with E-state index in [0.717, 1.165) is 70.9 Å². The number of nitrogens with one attached hydrogen (secondary N) is 1. The van der Waals surface area contributed by atoms with Crippen LogP contribution in [0.5, 0.6) is 0 Å². The van der Waals surface area contributed by atoms with Gasteiger partial charge in [0.15, 0.2) is 0 Å². The highest BCUT2D eigenvalue weighted by molar-refractivity contribution is 5.86. The maximum atomic E-state index is 15.1. The van der Waals surface area contributed by atoms with Crippen LogP contribution < -0.4 is 5.32 Å². The molecule has 0 spiro atoms. The average Bonchev–Trinajstić information content (AvgIpc) is 3.74. The van der Waals surface area contributed by atoms with Crippen LogP contribution in [0.25, 0.3) is 0 Å². The van der Waals surface area contributed by atoms with Crippen LogP contribution >= 0.6 is 0 Å². The van der Waals surface area contributed by atoms with E-state index in [2.05, 4.69) is 58.7 Å². The number of fused-ring (bicyclic) bond motifs is 7. The number of amides is 2. The minimum absolute atomic E-state index is 0.000434. The van der Waals surface area contributed by atoms with Crippen molar-refractivity contribution in [2.24, 2.45) is 79.3 Å². The summed E-state index contributed by atoms with van der Waals surface area (Å²) in [6.07, 6.45) is 17.4. The zero-order valence-corrected chi connectivity index (χ0v) is 36.6. The van der Waals surface area contributed by atoms with Gasteiger partial charge in [0.25, 0.3) is 0 Å². The van der Waals surface area contributed by atoms with E-state index in [1.165, 1.54) is 44.9 Å². The standard InChI is InChI=1S/C48H76N2O6/c1-42(2,41(54)55)28-37(51)56-36-18-20-47(9)33(44(36,5)6)17-19-46(8)30-15-21-48(22-16-31(45(7)23-24-45)38(48)29(30)13-14-34(46)47)40(53)49-35-27-32(43(35,3)4)39(52)50-25-11-10-12-26-50/h29-36,38H,10-28H2,1-9H3,(H,49,53)(H,54,55)/t29-,30?,31+,32+,33-,34-,35+,36-,38-,46-,47-,48+/m0/s1. The zero-order chi connectivity index (χ0) is 40.4. The van der Waals surface area contributed by atoms with Crippen molar-refractivity contribution >= 4 is 23.8 Å². The Kier molecular flexibility index (Phi) is 9.76. The number of carboxylic acids is 1. The molecule has 1 saturated heterocycles. The molecule has 8 fully saturated rings. The third-order valence-corrected chi connectivity index (χ3v) is 19.9. The highest BCUT2D eigenvalue weighted by Gasteiger charge is 2.71. The lowest BCUT2D eigenvalue weighted by molar-refractivity contribution is -0.224. The molecule has 1 unspecified atom stereocenters. The van der Waals surface area contributed by atoms with E-state index < -0.39 is 17.4 Å². The average molecular weight is 777 g/mol. The first-order chi connectivity index (χ1) is 26.1. The summed E-state index contributed by atoms with van der Waals surface area (Å²) in [5.41, 5.74) is -1.13. The summed E-state index contributed by atoms with van der Waals surface area (Å²) < 4.78 is 6.20. The number of carbonyl (C=O) groups is 4. The van der Waals surface area contributed by atoms with Crippen molar-refractivity contribution in [3.63, 3.8) is 0 Å². The first-order valence-electron chi connectivity index (χ1n) is 23.1. The second-order valence-corrected chi connectivity index (χ2v) is 23.7. The van der Waals surface area contributed by atoms with Crippen molar-refractivity contribution in [1.82, 2.24) is 10.2 Å². The van der Waals surface area contributed by atoms with Crippen LogP contribution in [0.3, 0.4) is 0 Å². The third-order valence-electron chi connectivity index (χ3n) is 19.9. The number of carboxylic acid groups (broad SMARTS) is 1. The van der Waals surface area contributed by atoms with Gasteiger partial charge in [-0.25, -0.2) is 0 Å². The van der Waals surface area contributed by atoms with Crippen molar-refractivity contribution in [2.45, 2.75) is 184 Å². The molecule has 0 bridgehead atoms. The number of aliphatic carboxylic acids is 1. The fourth-order valence-electron chi connectivity index (χ4n) is 16.0. The van der Waals surface area contributed by atoms with Gasteiger partial charge in [-0.15, -0.1) is 0 Å². The van der Waals surface area contributed by atoms with Crippen molar-refractivity contribution in [2.75, 3.05) is 13.1 Å². The van der Waals surface area contributed by atoms with Crippen LogP contribution in [0.1, 0.15) is 171 Å². The van der Waals surface area contributed by atoms with Crippen LogP contribution in [-0.2, 0) is 23.9 Å². The predicted molar refractivity (Wildman–Crippen MR) is 217 cm³/mol. The Labute approximate surface area is 338 Å². The summed E-state index contributed by atoms with van der Waals surface area (Å²) in [6.45, 7) is 21.8. The first-order valence-corrected chi connectivity index (χ1v) is 23.1. The van der Waals surface area contributed by atoms with Gasteiger partial charge in [0.05, 0.1) is 17.3 Å². The van der Waals surface area contributed by atoms with Gasteiger partial charge in [0, 0.05) is 30.5 Å². The fraction of sp³-hybridized carbons (Fsp3) is 0.917. The van der Waals surface area contributed by atoms with Gasteiger partial charge in [0.2, 0.25) is 11.8 Å². The van der Waals surface area contributed by atoms with E-state index in [1.807, 2.05) is 0 Å². The maximum Gasteiger partial charge on any atom is 0.309 e. The van der Waals surface area contributed by atoms with E-state index in [4.69, 9.17) is 4.74 Å². The summed E-state index contributed by atoms with van der Waals surface area (Å²) in [6, 6.07) is 0.0574. The Bertz CT molecular complexity index is 1610. The number of esters is 1. The molecule has 0 radical (unpaired) electrons. The highest BCUT2D eigenvalue weighted by atomic mass is 16.5. The van der Waals surface area contributed by atoms with Crippen LogP contribution in [0.2, 0.25) is 0 Å². The minimum Gasteiger partial charge on any atom is -0.481 e. The van der Waals surface area contributed by atoms with Crippen LogP contribution in [0.4, 0.5) is 0 Å². The highest BCUT2D eigenvalue weighted by Crippen LogP contribution is 2.76. The molecule has 8 nitrogen and oxygen atoms in total. The molecule has 8 heteroatoms. The molecule has 7 saturated carbocycles. The van der Waals surface area contributed by atoms with Gasteiger partial charge < -0.3 is 20.1 Å². The van der Waals surface area contributed by atoms with Crippen molar-refractivity contribution in [1.29, 1.82) is 0 Å². The summed E-state index contributed by atoms with van der Waals surface area (Å²) in [7, 11) is 0. The van der Waals surface area contributed by atoms with E-state index in [9.17, 15) is 19.5 Å². The largest absolute Gasteiger partial charge is 0.481 e. The molecule has 56 heavy (non-hydrogen) atoms. The maximum absolute atomic E-state index is 15.1. The number of ether oxygens (including phenoxy) is 1. The Balaban J connectivity index is 0.999. The Morgan fingerprint density at radius 1 is 0.732 bits per heavy atom. The molecular weight excluding hydrogens is 701 g/mol. The summed E-state index contributed by atoms with van der Waals surface area (Å²) in [4.78, 5) is 55.7. The number of piperidine rings is 1. The SMILES string of the molecule is CC(C)(CC(=O)O[C@H]1CC[C@]2(C)[C@H]3CC[C@H]4C(CC[C@@]5(C(=O)N[C@@H]6C[C@H](C(=O)N7CCCCC7)C6(C)C)CC[C@@H](C6(C)CC6)[C@H]45)[C@]3(C)CC[C@H]2C1(C)C)C(=O)O. The van der Waals surface area contributed by atoms with Gasteiger partial charge in [-0.1, -0.05) is 48.5 Å². The number of likely N-dealkylation sites (tertiary alicyclic amines) is 1. The molecule has 0 aromatic rings. The van der Waals surface area contributed by atoms with Gasteiger partial charge in [-0.2, -0.15) is 0 Å². The number of nitrogens with zero attached hydrogens (tertiary/aromatic N) is 1. The molecule has 0 aromatic heterocycles. The van der Waals surface area contributed by atoms with Crippen molar-refractivity contribution in [3.05, 3.63) is 0 Å². The van der Waals surface area contributed by atoms with Crippen LogP contribution in [0, 0.1) is 79.3 Å². The first kappa shape index (κ1) is 40.7. The lowest BCUT2D eigenvalue weighted by atomic mass is 9.36. The van der Waals surface area contributed by atoms with Gasteiger partial charge >= 0.3 is 11.9 Å². The Morgan fingerprint density at radius 2 is 1.38 bits per heavy atom. The molecular formula is C48H76N2O6. The molecule has 8 aliphatic rings. The van der Waals surface area contributed by atoms with Gasteiger partial charge in [-0.05, 0) is 174 Å². The number of rotatable bonds is 8. The third kappa shape index (κ3) is 6.06. The summed E-state index contributed by atoms with van der Waals surface area (Å²) in [5.74, 6) is 2.54. The summed E-state index contributed by atoms with van der Waals surface area (Å²) >= 11 is 0. The molecule has 12 atom stereocenters. The number of carbonyl (C=O) groups excluding carboxylic acids is 3. The minimum atomic E-state index is -1.15. The van der Waals surface area contributed by atoms with Crippen LogP contribution in [0.15, 0.2) is 0 Å². The summed E-state index contributed by atoms with van der Waals surface area (Å²) in [5, 5.41) is 13.3. The van der Waals surface area contributed by atoms with Gasteiger partial charge in [-0.3, -0.25) is 19.2 Å². The molecule has 1 heterocycles. The molecule has 314 valence electrons. The molecule has 2 N–H and O–H groups in total. The zero-order valence-electron chi connectivity index (χ0n) is 36.6. The second-order valence-electron chi connectivity index (χ2n) is 23.7. The smallest absolute Gasteiger partial charge is 0.309 e. The fourth-order valence-corrected chi connectivity index (χ4v) is 16.0. The predicted octanol–water partition coefficient (Wildman–Crippen LogP) is 9.43. The van der Waals surface area contributed by atoms with Gasteiger partial charge in [0.1, 0.15) is 6.10 Å². The normalized spacial score (nSPS) is 44.4. The van der Waals surface area contributed by atoms with Crippen LogP contribution in [-0.4, -0.2) is 59.0 Å². The Hall–Kier alpha value is -2.12. The van der Waals surface area contributed by atoms with E-state index in [0.29, 0.717) is 52.7 Å². The van der Waals surface area contributed by atoms with Crippen molar-refractivity contribution < 1.29 is 29.0 Å². The number of hydrogen-bond acceptors (Lipinski definition) is 5. The lowest BCUT2D eigenvalue weighted by Gasteiger charge is -2.69. The molecule has 7 aliphatic carbocycles. The topological polar surface area (TPSA) is 113 Å². The lowest BCUT2D eigenvalue weighted by Crippen LogP contribution is -2.66. The Morgan fingerprint density at radius 3 is 2.00 bits per heavy atom. The molecule has 2 amide bonds. The monoisotopic (exact) mass is 777 g/mol.